The van der Waals surface area contributed by atoms with Crippen molar-refractivity contribution in [2.24, 2.45) is 5.73 Å². The van der Waals surface area contributed by atoms with Crippen molar-refractivity contribution in [2.75, 3.05) is 13.2 Å². The topological polar surface area (TPSA) is 166 Å². The van der Waals surface area contributed by atoms with E-state index in [9.17, 15) is 23.5 Å². The number of nitriles is 1. The van der Waals surface area contributed by atoms with Crippen LogP contribution in [0.1, 0.15) is 70.9 Å². The third-order valence-corrected chi connectivity index (χ3v) is 9.91. The number of aliphatic hydroxyl groups is 1. The molecule has 0 unspecified atom stereocenters. The van der Waals surface area contributed by atoms with Crippen LogP contribution >= 0.6 is 0 Å². The Morgan fingerprint density at radius 2 is 1.56 bits per heavy atom. The van der Waals surface area contributed by atoms with Crippen LogP contribution in [0, 0.1) is 11.3 Å². The predicted octanol–water partition coefficient (Wildman–Crippen LogP) is 7.96. The molecule has 11 nitrogen and oxygen atoms in total. The summed E-state index contributed by atoms with van der Waals surface area (Å²) in [4.78, 5) is 9.04. The smallest absolute Gasteiger partial charge is 0.419 e. The van der Waals surface area contributed by atoms with Crippen LogP contribution in [0.3, 0.4) is 0 Å². The van der Waals surface area contributed by atoms with E-state index in [1.165, 1.54) is 12.1 Å². The van der Waals surface area contributed by atoms with Crippen molar-refractivity contribution in [3.63, 3.8) is 0 Å². The summed E-state index contributed by atoms with van der Waals surface area (Å²) in [5.74, 6) is 0.957. The molecule has 0 aliphatic heterocycles. The molecule has 0 bridgehead atoms. The van der Waals surface area contributed by atoms with Gasteiger partial charge < -0.3 is 29.4 Å². The third kappa shape index (κ3) is 6.46. The number of halogens is 3. The Morgan fingerprint density at radius 3 is 2.26 bits per heavy atom. The summed E-state index contributed by atoms with van der Waals surface area (Å²) in [5, 5.41) is 29.2. The lowest BCUT2D eigenvalue weighted by atomic mass is 9.95. The molecular formula is C40H33F3N6O5. The second-order valence-electron chi connectivity index (χ2n) is 13.1. The van der Waals surface area contributed by atoms with Crippen LogP contribution in [0.4, 0.5) is 13.2 Å². The number of ether oxygens (including phenoxy) is 2. The molecule has 2 aliphatic rings. The van der Waals surface area contributed by atoms with E-state index in [2.05, 4.69) is 26.4 Å². The van der Waals surface area contributed by atoms with Crippen molar-refractivity contribution < 1.29 is 36.8 Å². The molecule has 4 aromatic carbocycles. The zero-order valence-corrected chi connectivity index (χ0v) is 29.0. The molecule has 2 aliphatic carbocycles. The second-order valence-corrected chi connectivity index (χ2v) is 13.1. The highest BCUT2D eigenvalue weighted by atomic mass is 19.4. The number of benzene rings is 4. The average Bonchev–Trinajstić information content (AvgIpc) is 4.00. The second kappa shape index (κ2) is 14.1. The molecule has 2 aromatic heterocycles. The molecule has 0 amide bonds. The summed E-state index contributed by atoms with van der Waals surface area (Å²) < 4.78 is 63.5. The molecule has 54 heavy (non-hydrogen) atoms. The summed E-state index contributed by atoms with van der Waals surface area (Å²) in [6.45, 7) is 1.90. The van der Waals surface area contributed by atoms with Crippen LogP contribution < -0.4 is 15.2 Å². The molecule has 0 fully saturated rings. The minimum atomic E-state index is -4.64. The number of aromatic nitrogens is 4. The van der Waals surface area contributed by atoms with Gasteiger partial charge in [-0.05, 0) is 96.8 Å². The highest BCUT2D eigenvalue weighted by Gasteiger charge is 2.35. The lowest BCUT2D eigenvalue weighted by molar-refractivity contribution is -0.138. The Kier molecular flexibility index (Phi) is 9.12. The molecular weight excluding hydrogens is 701 g/mol. The Balaban J connectivity index is 0.980. The van der Waals surface area contributed by atoms with Crippen molar-refractivity contribution in [2.45, 2.75) is 57.3 Å². The number of aliphatic hydroxyl groups excluding tert-OH is 1. The highest BCUT2D eigenvalue weighted by Crippen LogP contribution is 2.42. The largest absolute Gasteiger partial charge is 0.493 e. The van der Waals surface area contributed by atoms with Gasteiger partial charge in [0, 0.05) is 34.7 Å². The Bertz CT molecular complexity index is 2420. The van der Waals surface area contributed by atoms with Crippen molar-refractivity contribution in [1.82, 2.24) is 20.3 Å². The van der Waals surface area contributed by atoms with Gasteiger partial charge in [0.1, 0.15) is 17.6 Å². The van der Waals surface area contributed by atoms with Crippen LogP contribution in [0.25, 0.3) is 45.7 Å². The summed E-state index contributed by atoms with van der Waals surface area (Å²) in [6.07, 6.45) is -2.21. The van der Waals surface area contributed by atoms with Crippen LogP contribution in [-0.4, -0.2) is 38.6 Å². The maximum atomic E-state index is 13.8. The number of hydrogen-bond donors (Lipinski definition) is 2. The summed E-state index contributed by atoms with van der Waals surface area (Å²) in [7, 11) is 0. The lowest BCUT2D eigenvalue weighted by Gasteiger charge is -2.15. The van der Waals surface area contributed by atoms with E-state index in [4.69, 9.17) is 24.3 Å². The van der Waals surface area contributed by atoms with Crippen LogP contribution in [0.2, 0.25) is 0 Å². The van der Waals surface area contributed by atoms with E-state index >= 15 is 0 Å². The van der Waals surface area contributed by atoms with E-state index in [1.54, 1.807) is 25.1 Å². The first kappa shape index (κ1) is 35.0. The minimum Gasteiger partial charge on any atom is -0.493 e. The SMILES string of the molecule is CCOc1ccc(-c2nc(-c3ccc(CCOc4ccc(-c5nc(-c6cccc7c6CC[C@H]7N)no5)cc4C#N)c4c3CC[C@@H]4O)no2)cc1C(F)(F)F. The average molecular weight is 735 g/mol. The van der Waals surface area contributed by atoms with Crippen LogP contribution in [0.5, 0.6) is 11.5 Å². The molecule has 6 aromatic rings. The highest BCUT2D eigenvalue weighted by molar-refractivity contribution is 5.69. The summed E-state index contributed by atoms with van der Waals surface area (Å²) in [6, 6.07) is 20.4. The van der Waals surface area contributed by atoms with Gasteiger partial charge in [0.05, 0.1) is 30.4 Å². The van der Waals surface area contributed by atoms with Crippen LogP contribution in [-0.2, 0) is 25.4 Å². The van der Waals surface area contributed by atoms with Gasteiger partial charge >= 0.3 is 6.18 Å². The molecule has 2 heterocycles. The van der Waals surface area contributed by atoms with Gasteiger partial charge in [-0.1, -0.05) is 40.6 Å². The van der Waals surface area contributed by atoms with Crippen LogP contribution in [0.15, 0.2) is 75.8 Å². The molecule has 0 saturated heterocycles. The van der Waals surface area contributed by atoms with E-state index in [0.29, 0.717) is 47.5 Å². The van der Waals surface area contributed by atoms with E-state index < -0.39 is 17.8 Å². The van der Waals surface area contributed by atoms with Gasteiger partial charge in [-0.3, -0.25) is 0 Å². The molecule has 274 valence electrons. The molecule has 0 spiro atoms. The fourth-order valence-electron chi connectivity index (χ4n) is 7.36. The van der Waals surface area contributed by atoms with Gasteiger partial charge in [-0.2, -0.15) is 28.4 Å². The van der Waals surface area contributed by atoms with Gasteiger partial charge in [0.2, 0.25) is 11.6 Å². The Morgan fingerprint density at radius 1 is 0.870 bits per heavy atom. The normalized spacial score (nSPS) is 16.2. The quantitative estimate of drug-likeness (QED) is 0.140. The maximum Gasteiger partial charge on any atom is 0.419 e. The monoisotopic (exact) mass is 734 g/mol. The number of rotatable bonds is 10. The van der Waals surface area contributed by atoms with Crippen molar-refractivity contribution in [3.05, 3.63) is 106 Å². The fraction of sp³-hybridized carbons (Fsp3) is 0.275. The van der Waals surface area contributed by atoms with Crippen molar-refractivity contribution in [1.29, 1.82) is 5.26 Å². The van der Waals surface area contributed by atoms with E-state index in [1.807, 2.05) is 30.3 Å². The van der Waals surface area contributed by atoms with Gasteiger partial charge in [0.25, 0.3) is 11.8 Å². The van der Waals surface area contributed by atoms with Gasteiger partial charge in [0.15, 0.2) is 0 Å². The summed E-state index contributed by atoms with van der Waals surface area (Å²) in [5.41, 5.74) is 12.4. The van der Waals surface area contributed by atoms with E-state index in [0.717, 1.165) is 52.3 Å². The first-order valence-electron chi connectivity index (χ1n) is 17.5. The molecule has 3 N–H and O–H groups in total. The Hall–Kier alpha value is -6.04. The number of alkyl halides is 3. The zero-order chi connectivity index (χ0) is 37.6. The van der Waals surface area contributed by atoms with Gasteiger partial charge in [-0.15, -0.1) is 0 Å². The zero-order valence-electron chi connectivity index (χ0n) is 29.0. The molecule has 0 saturated carbocycles. The van der Waals surface area contributed by atoms with Crippen molar-refractivity contribution in [3.8, 4) is 63.3 Å². The number of nitrogens with zero attached hydrogens (tertiary/aromatic N) is 5. The maximum absolute atomic E-state index is 13.8. The fourth-order valence-corrected chi connectivity index (χ4v) is 7.36. The molecule has 2 atom stereocenters. The number of nitrogens with two attached hydrogens (primary N) is 1. The van der Waals surface area contributed by atoms with E-state index in [-0.39, 0.29) is 48.2 Å². The molecule has 8 rings (SSSR count). The first-order valence-corrected chi connectivity index (χ1v) is 17.5. The number of fused-ring (bicyclic) bond motifs is 2. The van der Waals surface area contributed by atoms with Crippen molar-refractivity contribution >= 4 is 0 Å². The summed E-state index contributed by atoms with van der Waals surface area (Å²) >= 11 is 0. The molecule has 14 heteroatoms. The number of hydrogen-bond acceptors (Lipinski definition) is 11. The first-order chi connectivity index (χ1) is 26.1. The Labute approximate surface area is 307 Å². The lowest BCUT2D eigenvalue weighted by Crippen LogP contribution is -2.09. The van der Waals surface area contributed by atoms with Gasteiger partial charge in [-0.25, -0.2) is 0 Å². The predicted molar refractivity (Wildman–Crippen MR) is 189 cm³/mol. The third-order valence-electron chi connectivity index (χ3n) is 9.91. The molecule has 0 radical (unpaired) electrons. The standard InChI is InChI=1S/C40H33F3N6O5/c1-2-51-34-15-8-23(19-30(34)40(41,42)43)39-47-37(49-54-39)29-9-6-21(35-27(29)11-13-32(35)50)16-17-52-33-14-7-22(18-24(33)20-44)38-46-36(48-53-38)28-5-3-4-26-25(28)10-12-31(26)45/h3-9,14-15,18-19,31-32,50H,2,10-13,16-17,45H2,1H3/t31-,32+/m1/s1. The minimum absolute atomic E-state index is 0.00688.